The van der Waals surface area contributed by atoms with Crippen LogP contribution < -0.4 is 10.6 Å². The third-order valence-corrected chi connectivity index (χ3v) is 3.48. The van der Waals surface area contributed by atoms with Crippen molar-refractivity contribution in [2.45, 2.75) is 33.6 Å². The van der Waals surface area contributed by atoms with Crippen molar-refractivity contribution in [3.05, 3.63) is 0 Å². The number of nitrogens with one attached hydrogen (secondary N) is 2. The zero-order valence-corrected chi connectivity index (χ0v) is 10.0. The van der Waals surface area contributed by atoms with E-state index in [4.69, 9.17) is 12.2 Å². The molecule has 2 N–H and O–H groups in total. The maximum atomic E-state index is 11.9. The number of amides is 2. The predicted molar refractivity (Wildman–Crippen MR) is 68.2 cm³/mol. The molecule has 1 fully saturated rings. The van der Waals surface area contributed by atoms with Crippen molar-refractivity contribution in [3.8, 4) is 0 Å². The van der Waals surface area contributed by atoms with Gasteiger partial charge in [-0.25, -0.2) is 0 Å². The first-order valence-electron chi connectivity index (χ1n) is 5.15. The Balaban J connectivity index is 0.00000225. The van der Waals surface area contributed by atoms with Crippen LogP contribution in [0.3, 0.4) is 0 Å². The van der Waals surface area contributed by atoms with E-state index in [0.29, 0.717) is 6.42 Å². The third kappa shape index (κ3) is 2.47. The van der Waals surface area contributed by atoms with Crippen molar-refractivity contribution in [1.82, 2.24) is 10.6 Å². The Morgan fingerprint density at radius 3 is 2.00 bits per heavy atom. The van der Waals surface area contributed by atoms with E-state index in [1.165, 1.54) is 0 Å². The summed E-state index contributed by atoms with van der Waals surface area (Å²) in [6.45, 7) is 5.73. The van der Waals surface area contributed by atoms with Gasteiger partial charge in [0.15, 0.2) is 5.11 Å². The summed E-state index contributed by atoms with van der Waals surface area (Å²) in [5.74, 6) is -0.535. The van der Waals surface area contributed by atoms with Crippen LogP contribution in [0.25, 0.3) is 0 Å². The molecule has 2 amide bonds. The minimum atomic E-state index is -0.961. The SMILES string of the molecule is CCC(C)C1(CC)C(=O)NC(=S)NC1=O.[NaH]. The van der Waals surface area contributed by atoms with Crippen LogP contribution in [-0.2, 0) is 9.59 Å². The Labute approximate surface area is 123 Å². The monoisotopic (exact) mass is 252 g/mol. The standard InChI is InChI=1S/C10H16N2O2S.Na.H/c1-4-6(3)10(5-2)7(13)11-9(15)12-8(10)14;;/h6H,4-5H2,1-3H3,(H2,11,12,13,14,15);;. The van der Waals surface area contributed by atoms with E-state index in [2.05, 4.69) is 10.6 Å². The first kappa shape index (κ1) is 16.0. The number of hydrogen-bond donors (Lipinski definition) is 2. The van der Waals surface area contributed by atoms with Gasteiger partial charge in [0, 0.05) is 0 Å². The average molecular weight is 252 g/mol. The van der Waals surface area contributed by atoms with Crippen LogP contribution in [0.1, 0.15) is 33.6 Å². The molecular weight excluding hydrogens is 235 g/mol. The molecule has 16 heavy (non-hydrogen) atoms. The molecule has 0 aliphatic carbocycles. The van der Waals surface area contributed by atoms with E-state index in [9.17, 15) is 9.59 Å². The van der Waals surface area contributed by atoms with Crippen LogP contribution in [0.5, 0.6) is 0 Å². The summed E-state index contributed by atoms with van der Waals surface area (Å²) in [6, 6.07) is 0. The number of thiocarbonyl (C=S) groups is 1. The molecule has 1 unspecified atom stereocenters. The quantitative estimate of drug-likeness (QED) is 0.432. The minimum absolute atomic E-state index is 0. The van der Waals surface area contributed by atoms with Gasteiger partial charge in [-0.3, -0.25) is 9.59 Å². The van der Waals surface area contributed by atoms with Crippen molar-refractivity contribution < 1.29 is 9.59 Å². The molecule has 1 rings (SSSR count). The summed E-state index contributed by atoms with van der Waals surface area (Å²) >= 11 is 4.77. The summed E-state index contributed by atoms with van der Waals surface area (Å²) in [5.41, 5.74) is -0.961. The first-order valence-corrected chi connectivity index (χ1v) is 5.56. The van der Waals surface area contributed by atoms with E-state index in [0.717, 1.165) is 6.42 Å². The van der Waals surface area contributed by atoms with Crippen molar-refractivity contribution in [3.63, 3.8) is 0 Å². The topological polar surface area (TPSA) is 58.2 Å². The average Bonchev–Trinajstić information content (AvgIpc) is 2.17. The molecule has 0 spiro atoms. The second-order valence-corrected chi connectivity index (χ2v) is 4.28. The summed E-state index contributed by atoms with van der Waals surface area (Å²) in [4.78, 5) is 23.8. The predicted octanol–water partition coefficient (Wildman–Crippen LogP) is 0.311. The van der Waals surface area contributed by atoms with E-state index < -0.39 is 5.41 Å². The van der Waals surface area contributed by atoms with Crippen molar-refractivity contribution >= 4 is 58.7 Å². The molecule has 1 heterocycles. The summed E-state index contributed by atoms with van der Waals surface area (Å²) in [5, 5.41) is 5.16. The molecule has 1 aliphatic heterocycles. The molecular formula is C10H17N2NaO2S. The van der Waals surface area contributed by atoms with Crippen LogP contribution in [0, 0.1) is 11.3 Å². The van der Waals surface area contributed by atoms with Gasteiger partial charge < -0.3 is 10.6 Å². The molecule has 0 aromatic rings. The van der Waals surface area contributed by atoms with Gasteiger partial charge in [0.05, 0.1) is 0 Å². The zero-order chi connectivity index (χ0) is 11.6. The molecule has 1 saturated heterocycles. The summed E-state index contributed by atoms with van der Waals surface area (Å²) < 4.78 is 0. The van der Waals surface area contributed by atoms with Crippen LogP contribution >= 0.6 is 12.2 Å². The second kappa shape index (κ2) is 6.10. The summed E-state index contributed by atoms with van der Waals surface area (Å²) in [7, 11) is 0. The van der Waals surface area contributed by atoms with Crippen LogP contribution in [0.15, 0.2) is 0 Å². The molecule has 6 heteroatoms. The fraction of sp³-hybridized carbons (Fsp3) is 0.700. The number of carbonyl (C=O) groups excluding carboxylic acids is 2. The zero-order valence-electron chi connectivity index (χ0n) is 9.22. The van der Waals surface area contributed by atoms with E-state index in [1.807, 2.05) is 20.8 Å². The van der Waals surface area contributed by atoms with Crippen LogP contribution in [-0.4, -0.2) is 46.5 Å². The molecule has 1 atom stereocenters. The molecule has 0 radical (unpaired) electrons. The van der Waals surface area contributed by atoms with Gasteiger partial charge in [-0.05, 0) is 24.6 Å². The van der Waals surface area contributed by atoms with Crippen LogP contribution in [0.2, 0.25) is 0 Å². The Morgan fingerprint density at radius 1 is 1.25 bits per heavy atom. The number of rotatable bonds is 3. The number of hydrogen-bond acceptors (Lipinski definition) is 3. The third-order valence-electron chi connectivity index (χ3n) is 3.28. The van der Waals surface area contributed by atoms with Gasteiger partial charge in [-0.1, -0.05) is 27.2 Å². The van der Waals surface area contributed by atoms with Crippen molar-refractivity contribution in [2.75, 3.05) is 0 Å². The van der Waals surface area contributed by atoms with Crippen molar-refractivity contribution in [1.29, 1.82) is 0 Å². The van der Waals surface area contributed by atoms with Crippen molar-refractivity contribution in [2.24, 2.45) is 11.3 Å². The van der Waals surface area contributed by atoms with Gasteiger partial charge in [0.2, 0.25) is 11.8 Å². The van der Waals surface area contributed by atoms with E-state index in [1.54, 1.807) is 0 Å². The van der Waals surface area contributed by atoms with Crippen LogP contribution in [0.4, 0.5) is 0 Å². The van der Waals surface area contributed by atoms with E-state index in [-0.39, 0.29) is 52.4 Å². The molecule has 0 aromatic heterocycles. The van der Waals surface area contributed by atoms with Gasteiger partial charge in [-0.15, -0.1) is 0 Å². The molecule has 0 saturated carbocycles. The summed E-state index contributed by atoms with van der Waals surface area (Å²) in [6.07, 6.45) is 1.27. The Hall–Kier alpha value is 0.0300. The Kier molecular flexibility index (Phi) is 6.11. The molecule has 86 valence electrons. The first-order chi connectivity index (χ1) is 6.98. The number of carbonyl (C=O) groups is 2. The fourth-order valence-corrected chi connectivity index (χ4v) is 2.21. The maximum absolute atomic E-state index is 11.9. The molecule has 0 bridgehead atoms. The normalized spacial score (nSPS) is 20.6. The second-order valence-electron chi connectivity index (χ2n) is 3.87. The van der Waals surface area contributed by atoms with Gasteiger partial charge in [0.1, 0.15) is 5.41 Å². The van der Waals surface area contributed by atoms with Gasteiger partial charge >= 0.3 is 29.6 Å². The Bertz CT molecular complexity index is 300. The molecule has 4 nitrogen and oxygen atoms in total. The fourth-order valence-electron chi connectivity index (χ4n) is 2.03. The molecule has 1 aliphatic rings. The van der Waals surface area contributed by atoms with E-state index >= 15 is 0 Å². The molecule has 0 aromatic carbocycles. The van der Waals surface area contributed by atoms with Gasteiger partial charge in [-0.2, -0.15) is 0 Å². The Morgan fingerprint density at radius 2 is 1.69 bits per heavy atom. The van der Waals surface area contributed by atoms with Gasteiger partial charge in [0.25, 0.3) is 0 Å².